The number of benzene rings is 1. The van der Waals surface area contributed by atoms with Crippen LogP contribution in [-0.4, -0.2) is 35.1 Å². The Morgan fingerprint density at radius 2 is 1.91 bits per heavy atom. The number of nitrogens with zero attached hydrogens (tertiary/aromatic N) is 4. The van der Waals surface area contributed by atoms with Gasteiger partial charge in [0.15, 0.2) is 5.82 Å². The molecule has 1 atom stereocenters. The topological polar surface area (TPSA) is 61.4 Å². The number of anilines is 3. The summed E-state index contributed by atoms with van der Waals surface area (Å²) in [5.74, 6) is 0.907. The molecule has 0 saturated carbocycles. The fourth-order valence-corrected chi connectivity index (χ4v) is 4.78. The summed E-state index contributed by atoms with van der Waals surface area (Å²) in [6.45, 7) is 5.33. The zero-order chi connectivity index (χ0) is 24.0. The molecular formula is C25H24F3N5O. The smallest absolute Gasteiger partial charge is 0.366 e. The van der Waals surface area contributed by atoms with Crippen LogP contribution in [0.5, 0.6) is 0 Å². The lowest BCUT2D eigenvalue weighted by atomic mass is 9.99. The maximum atomic E-state index is 13.5. The second-order valence-corrected chi connectivity index (χ2v) is 8.83. The fourth-order valence-electron chi connectivity index (χ4n) is 4.78. The maximum Gasteiger partial charge on any atom is 0.416 e. The van der Waals surface area contributed by atoms with Crippen LogP contribution < -0.4 is 15.1 Å². The molecule has 0 radical (unpaired) electrons. The van der Waals surface area contributed by atoms with Crippen molar-refractivity contribution in [2.75, 3.05) is 28.2 Å². The first kappa shape index (κ1) is 22.2. The van der Waals surface area contributed by atoms with Crippen LogP contribution >= 0.6 is 0 Å². The zero-order valence-corrected chi connectivity index (χ0v) is 18.9. The van der Waals surface area contributed by atoms with Crippen LogP contribution in [0.15, 0.2) is 48.5 Å². The van der Waals surface area contributed by atoms with E-state index < -0.39 is 11.7 Å². The molecule has 0 spiro atoms. The number of rotatable bonds is 2. The standard InChI is InChI=1S/C25H24F3N5O/c1-15-11-16(2)29-22(12-15)31-24(34)33-19-7-4-10-32(14-19)21-9-8-20(30-23(21)33)17-5-3-6-18(13-17)25(26,27)28/h3,5-6,8-9,11-13,19H,4,7,10,14H2,1-2H3,(H,29,31,34)/t19-/m0/s1. The molecule has 2 aliphatic heterocycles. The van der Waals surface area contributed by atoms with Crippen molar-refractivity contribution >= 4 is 23.4 Å². The SMILES string of the molecule is Cc1cc(C)nc(NC(=O)N2c3nc(-c4cccc(C(F)(F)F)c4)ccc3N3CCC[C@H]2C3)c1. The molecule has 34 heavy (non-hydrogen) atoms. The van der Waals surface area contributed by atoms with Crippen LogP contribution in [-0.2, 0) is 6.18 Å². The summed E-state index contributed by atoms with van der Waals surface area (Å²) < 4.78 is 39.8. The Kier molecular flexibility index (Phi) is 5.42. The van der Waals surface area contributed by atoms with E-state index in [1.807, 2.05) is 26.0 Å². The van der Waals surface area contributed by atoms with Crippen molar-refractivity contribution in [2.24, 2.45) is 0 Å². The van der Waals surface area contributed by atoms with Gasteiger partial charge in [-0.1, -0.05) is 12.1 Å². The summed E-state index contributed by atoms with van der Waals surface area (Å²) >= 11 is 0. The third kappa shape index (κ3) is 4.18. The third-order valence-corrected chi connectivity index (χ3v) is 6.22. The Labute approximate surface area is 195 Å². The van der Waals surface area contributed by atoms with Gasteiger partial charge in [-0.3, -0.25) is 10.2 Å². The van der Waals surface area contributed by atoms with Crippen LogP contribution in [0.25, 0.3) is 11.3 Å². The van der Waals surface area contributed by atoms with Crippen LogP contribution in [0.1, 0.15) is 29.7 Å². The van der Waals surface area contributed by atoms with Gasteiger partial charge in [0, 0.05) is 24.3 Å². The van der Waals surface area contributed by atoms with Crippen molar-refractivity contribution < 1.29 is 18.0 Å². The number of fused-ring (bicyclic) bond motifs is 4. The van der Waals surface area contributed by atoms with E-state index in [2.05, 4.69) is 15.2 Å². The van der Waals surface area contributed by atoms with E-state index in [9.17, 15) is 18.0 Å². The van der Waals surface area contributed by atoms with Gasteiger partial charge in [0.2, 0.25) is 0 Å². The maximum absolute atomic E-state index is 13.5. The van der Waals surface area contributed by atoms with Crippen molar-refractivity contribution in [1.29, 1.82) is 0 Å². The monoisotopic (exact) mass is 467 g/mol. The summed E-state index contributed by atoms with van der Waals surface area (Å²) in [7, 11) is 0. The Hall–Kier alpha value is -3.62. The summed E-state index contributed by atoms with van der Waals surface area (Å²) in [6.07, 6.45) is -2.69. The molecule has 1 N–H and O–H groups in total. The Morgan fingerprint density at radius 3 is 2.68 bits per heavy atom. The third-order valence-electron chi connectivity index (χ3n) is 6.22. The number of aryl methyl sites for hydroxylation is 2. The number of alkyl halides is 3. The number of amides is 2. The molecule has 1 fully saturated rings. The molecule has 0 unspecified atom stereocenters. The molecule has 4 heterocycles. The van der Waals surface area contributed by atoms with E-state index in [-0.39, 0.29) is 12.1 Å². The van der Waals surface area contributed by atoms with Gasteiger partial charge >= 0.3 is 12.2 Å². The molecule has 1 aromatic carbocycles. The molecule has 9 heteroatoms. The molecule has 5 rings (SSSR count). The molecule has 3 aromatic rings. The number of piperidine rings is 1. The van der Waals surface area contributed by atoms with Crippen molar-refractivity contribution in [2.45, 2.75) is 38.9 Å². The normalized spacial score (nSPS) is 17.4. The molecule has 1 saturated heterocycles. The van der Waals surface area contributed by atoms with E-state index in [0.29, 0.717) is 29.4 Å². The Balaban J connectivity index is 1.54. The number of aromatic nitrogens is 2. The summed E-state index contributed by atoms with van der Waals surface area (Å²) in [6, 6.07) is 11.9. The second-order valence-electron chi connectivity index (χ2n) is 8.83. The lowest BCUT2D eigenvalue weighted by Gasteiger charge is -2.45. The van der Waals surface area contributed by atoms with Gasteiger partial charge in [0.05, 0.1) is 23.0 Å². The van der Waals surface area contributed by atoms with Gasteiger partial charge in [-0.15, -0.1) is 0 Å². The predicted octanol–water partition coefficient (Wildman–Crippen LogP) is 5.80. The highest BCUT2D eigenvalue weighted by atomic mass is 19.4. The molecule has 2 aliphatic rings. The molecule has 2 amide bonds. The average molecular weight is 467 g/mol. The Morgan fingerprint density at radius 1 is 1.09 bits per heavy atom. The van der Waals surface area contributed by atoms with E-state index in [4.69, 9.17) is 4.98 Å². The first-order valence-electron chi connectivity index (χ1n) is 11.2. The quantitative estimate of drug-likeness (QED) is 0.518. The van der Waals surface area contributed by atoms with E-state index in [1.54, 1.807) is 23.1 Å². The number of carbonyl (C=O) groups excluding carboxylic acids is 1. The number of halogens is 3. The van der Waals surface area contributed by atoms with Crippen LogP contribution in [0, 0.1) is 13.8 Å². The minimum atomic E-state index is -4.45. The van der Waals surface area contributed by atoms with Gasteiger partial charge in [0.25, 0.3) is 0 Å². The van der Waals surface area contributed by atoms with Gasteiger partial charge in [-0.2, -0.15) is 13.2 Å². The highest BCUT2D eigenvalue weighted by molar-refractivity contribution is 6.04. The van der Waals surface area contributed by atoms with Crippen LogP contribution in [0.2, 0.25) is 0 Å². The van der Waals surface area contributed by atoms with Crippen molar-refractivity contribution in [3.8, 4) is 11.3 Å². The van der Waals surface area contributed by atoms with E-state index in [0.717, 1.165) is 48.5 Å². The second kappa shape index (κ2) is 8.30. The molecule has 2 bridgehead atoms. The van der Waals surface area contributed by atoms with Gasteiger partial charge in [-0.05, 0) is 68.7 Å². The highest BCUT2D eigenvalue weighted by Gasteiger charge is 2.38. The minimum Gasteiger partial charge on any atom is -0.366 e. The first-order valence-corrected chi connectivity index (χ1v) is 11.2. The van der Waals surface area contributed by atoms with Crippen molar-refractivity contribution in [3.05, 3.63) is 65.4 Å². The summed E-state index contributed by atoms with van der Waals surface area (Å²) in [5.41, 5.74) is 2.57. The molecule has 6 nitrogen and oxygen atoms in total. The number of urea groups is 1. The van der Waals surface area contributed by atoms with Gasteiger partial charge in [-0.25, -0.2) is 14.8 Å². The van der Waals surface area contributed by atoms with E-state index in [1.165, 1.54) is 6.07 Å². The van der Waals surface area contributed by atoms with Gasteiger partial charge in [0.1, 0.15) is 5.82 Å². The number of pyridine rings is 2. The van der Waals surface area contributed by atoms with E-state index >= 15 is 0 Å². The molecular weight excluding hydrogens is 443 g/mol. The largest absolute Gasteiger partial charge is 0.416 e. The van der Waals surface area contributed by atoms with Crippen molar-refractivity contribution in [1.82, 2.24) is 9.97 Å². The van der Waals surface area contributed by atoms with Crippen LogP contribution in [0.4, 0.5) is 35.3 Å². The first-order chi connectivity index (χ1) is 16.2. The summed E-state index contributed by atoms with van der Waals surface area (Å²) in [4.78, 5) is 26.4. The lowest BCUT2D eigenvalue weighted by Crippen LogP contribution is -2.56. The Bertz CT molecular complexity index is 1240. The molecule has 2 aromatic heterocycles. The fraction of sp³-hybridized carbons (Fsp3) is 0.320. The zero-order valence-electron chi connectivity index (χ0n) is 18.9. The summed E-state index contributed by atoms with van der Waals surface area (Å²) in [5, 5.41) is 2.89. The highest BCUT2D eigenvalue weighted by Crippen LogP contribution is 2.40. The average Bonchev–Trinajstić information content (AvgIpc) is 2.78. The number of nitrogens with one attached hydrogen (secondary N) is 1. The number of hydrogen-bond donors (Lipinski definition) is 1. The van der Waals surface area contributed by atoms with Crippen LogP contribution in [0.3, 0.4) is 0 Å². The molecule has 176 valence electrons. The molecule has 0 aliphatic carbocycles. The number of hydrogen-bond acceptors (Lipinski definition) is 4. The minimum absolute atomic E-state index is 0.0867. The lowest BCUT2D eigenvalue weighted by molar-refractivity contribution is -0.137. The predicted molar refractivity (Wildman–Crippen MR) is 125 cm³/mol. The van der Waals surface area contributed by atoms with Gasteiger partial charge < -0.3 is 4.90 Å². The van der Waals surface area contributed by atoms with Crippen molar-refractivity contribution in [3.63, 3.8) is 0 Å². The number of carbonyl (C=O) groups is 1.